The molecule has 4 heteroatoms. The molecule has 2 rings (SSSR count). The van der Waals surface area contributed by atoms with Gasteiger partial charge in [0.2, 0.25) is 0 Å². The molecule has 1 atom stereocenters. The van der Waals surface area contributed by atoms with E-state index in [1.165, 1.54) is 49.7 Å². The molecule has 0 aliphatic heterocycles. The molecule has 0 bridgehead atoms. The third-order valence-electron chi connectivity index (χ3n) is 5.44. The number of rotatable bonds is 17. The molecular formula is C26H39O3P. The maximum Gasteiger partial charge on any atom is 0.329 e. The minimum absolute atomic E-state index is 0.475. The van der Waals surface area contributed by atoms with E-state index in [1.807, 2.05) is 0 Å². The largest absolute Gasteiger partial charge is 0.329 e. The van der Waals surface area contributed by atoms with Crippen LogP contribution in [0.1, 0.15) is 88.2 Å². The first-order valence-electron chi connectivity index (χ1n) is 11.7. The molecule has 3 nitrogen and oxygen atoms in total. The molecule has 0 heterocycles. The third-order valence-corrected chi connectivity index (χ3v) is 6.25. The second-order valence-corrected chi connectivity index (χ2v) is 8.89. The van der Waals surface area contributed by atoms with Crippen LogP contribution in [0.2, 0.25) is 0 Å². The van der Waals surface area contributed by atoms with Gasteiger partial charge >= 0.3 is 8.60 Å². The first kappa shape index (κ1) is 25.0. The summed E-state index contributed by atoms with van der Waals surface area (Å²) in [5.74, 6) is 0.475. The molecule has 1 unspecified atom stereocenters. The van der Waals surface area contributed by atoms with Crippen molar-refractivity contribution in [1.29, 1.82) is 0 Å². The third kappa shape index (κ3) is 10.7. The summed E-state index contributed by atoms with van der Waals surface area (Å²) < 4.78 is 10.7. The second kappa shape index (κ2) is 16.4. The zero-order valence-corrected chi connectivity index (χ0v) is 19.4. The lowest BCUT2D eigenvalue weighted by molar-refractivity contribution is 0.194. The summed E-state index contributed by atoms with van der Waals surface area (Å²) in [6.07, 6.45) is 11.6. The summed E-state index contributed by atoms with van der Waals surface area (Å²) >= 11 is 0. The molecule has 1 N–H and O–H groups in total. The fraction of sp³-hybridized carbons (Fsp3) is 0.538. The Balaban J connectivity index is 1.56. The summed E-state index contributed by atoms with van der Waals surface area (Å²) in [6, 6.07) is 21.7. The molecule has 2 aromatic carbocycles. The molecule has 0 aromatic heterocycles. The zero-order chi connectivity index (χ0) is 21.3. The molecule has 2 aromatic rings. The molecule has 0 radical (unpaired) electrons. The Labute approximate surface area is 184 Å². The molecule has 0 aliphatic carbocycles. The molecule has 0 aliphatic rings. The smallest absolute Gasteiger partial charge is 0.328 e. The lowest BCUT2D eigenvalue weighted by atomic mass is 9.87. The van der Waals surface area contributed by atoms with Gasteiger partial charge in [-0.3, -0.25) is 0 Å². The molecule has 0 fully saturated rings. The van der Waals surface area contributed by atoms with Crippen LogP contribution < -0.4 is 0 Å². The van der Waals surface area contributed by atoms with Gasteiger partial charge in [-0.15, -0.1) is 0 Å². The molecule has 166 valence electrons. The van der Waals surface area contributed by atoms with Crippen molar-refractivity contribution in [3.05, 3.63) is 71.8 Å². The van der Waals surface area contributed by atoms with Crippen molar-refractivity contribution in [3.8, 4) is 0 Å². The van der Waals surface area contributed by atoms with Crippen LogP contribution >= 0.6 is 8.60 Å². The Hall–Kier alpha value is -1.25. The van der Waals surface area contributed by atoms with Gasteiger partial charge in [0.05, 0.1) is 13.2 Å². The Morgan fingerprint density at radius 1 is 0.667 bits per heavy atom. The van der Waals surface area contributed by atoms with Crippen LogP contribution in [0.15, 0.2) is 60.7 Å². The van der Waals surface area contributed by atoms with E-state index in [2.05, 4.69) is 67.6 Å². The first-order valence-corrected chi connectivity index (χ1v) is 12.8. The van der Waals surface area contributed by atoms with Crippen LogP contribution in [-0.2, 0) is 9.05 Å². The van der Waals surface area contributed by atoms with Crippen LogP contribution in [0.25, 0.3) is 0 Å². The van der Waals surface area contributed by atoms with E-state index in [4.69, 9.17) is 9.05 Å². The highest BCUT2D eigenvalue weighted by Crippen LogP contribution is 2.33. The summed E-state index contributed by atoms with van der Waals surface area (Å²) in [4.78, 5) is 9.74. The highest BCUT2D eigenvalue weighted by Gasteiger charge is 2.13. The Morgan fingerprint density at radius 3 is 1.67 bits per heavy atom. The summed E-state index contributed by atoms with van der Waals surface area (Å²) in [7, 11) is -1.69. The predicted octanol–water partition coefficient (Wildman–Crippen LogP) is 7.99. The van der Waals surface area contributed by atoms with Crippen LogP contribution in [0.3, 0.4) is 0 Å². The average Bonchev–Trinajstić information content (AvgIpc) is 2.79. The van der Waals surface area contributed by atoms with Crippen LogP contribution in [0.5, 0.6) is 0 Å². The van der Waals surface area contributed by atoms with Crippen molar-refractivity contribution >= 4 is 8.60 Å². The van der Waals surface area contributed by atoms with Gasteiger partial charge in [-0.2, -0.15) is 0 Å². The van der Waals surface area contributed by atoms with Gasteiger partial charge in [0.15, 0.2) is 0 Å². The van der Waals surface area contributed by atoms with E-state index >= 15 is 0 Å². The second-order valence-electron chi connectivity index (χ2n) is 7.90. The maximum atomic E-state index is 9.74. The fourth-order valence-corrected chi connectivity index (χ4v) is 4.37. The summed E-state index contributed by atoms with van der Waals surface area (Å²) in [6.45, 7) is 3.38. The number of benzene rings is 2. The van der Waals surface area contributed by atoms with Gasteiger partial charge in [-0.1, -0.05) is 113 Å². The topological polar surface area (TPSA) is 38.7 Å². The fourth-order valence-electron chi connectivity index (χ4n) is 3.73. The maximum absolute atomic E-state index is 9.74. The van der Waals surface area contributed by atoms with E-state index in [-0.39, 0.29) is 0 Å². The predicted molar refractivity (Wildman–Crippen MR) is 128 cm³/mol. The van der Waals surface area contributed by atoms with Gasteiger partial charge in [-0.25, -0.2) is 0 Å². The van der Waals surface area contributed by atoms with E-state index in [0.29, 0.717) is 19.1 Å². The first-order chi connectivity index (χ1) is 14.8. The van der Waals surface area contributed by atoms with Crippen LogP contribution in [0, 0.1) is 0 Å². The number of unbranched alkanes of at least 4 members (excludes halogenated alkanes) is 7. The van der Waals surface area contributed by atoms with E-state index < -0.39 is 8.60 Å². The van der Waals surface area contributed by atoms with Crippen molar-refractivity contribution in [2.45, 2.75) is 77.0 Å². The Bertz CT molecular complexity index is 596. The minimum Gasteiger partial charge on any atom is -0.328 e. The summed E-state index contributed by atoms with van der Waals surface area (Å²) in [5.41, 5.74) is 2.81. The van der Waals surface area contributed by atoms with Crippen molar-refractivity contribution in [2.75, 3.05) is 13.2 Å². The van der Waals surface area contributed by atoms with E-state index in [0.717, 1.165) is 25.7 Å². The summed E-state index contributed by atoms with van der Waals surface area (Å²) in [5, 5.41) is 0. The molecule has 0 spiro atoms. The van der Waals surface area contributed by atoms with Crippen molar-refractivity contribution in [3.63, 3.8) is 0 Å². The highest BCUT2D eigenvalue weighted by molar-refractivity contribution is 7.40. The molecular weight excluding hydrogens is 391 g/mol. The average molecular weight is 431 g/mol. The minimum atomic E-state index is -1.69. The normalized spacial score (nSPS) is 12.4. The lowest BCUT2D eigenvalue weighted by Crippen LogP contribution is -2.01. The highest BCUT2D eigenvalue weighted by atomic mass is 31.2. The number of hydrogen-bond acceptors (Lipinski definition) is 3. The van der Waals surface area contributed by atoms with Gasteiger partial charge in [0.25, 0.3) is 0 Å². The zero-order valence-electron chi connectivity index (χ0n) is 18.5. The van der Waals surface area contributed by atoms with Gasteiger partial charge in [-0.05, 0) is 30.4 Å². The molecule has 0 amide bonds. The van der Waals surface area contributed by atoms with Gasteiger partial charge in [0.1, 0.15) is 0 Å². The Morgan fingerprint density at radius 2 is 1.13 bits per heavy atom. The standard InChI is InChI=1S/C26H39O3P/c1-2-3-4-15-22-28-30(27)29-23-16-7-5-6-14-21-26(24-17-10-8-11-18-24)25-19-12-9-13-20-25/h8-13,17-20,26-27H,2-7,14-16,21-23H2,1H3. The molecule has 0 saturated heterocycles. The monoisotopic (exact) mass is 430 g/mol. The van der Waals surface area contributed by atoms with Crippen molar-refractivity contribution in [1.82, 2.24) is 0 Å². The van der Waals surface area contributed by atoms with Crippen molar-refractivity contribution in [2.24, 2.45) is 0 Å². The van der Waals surface area contributed by atoms with E-state index in [9.17, 15) is 4.89 Å². The van der Waals surface area contributed by atoms with E-state index in [1.54, 1.807) is 0 Å². The van der Waals surface area contributed by atoms with Gasteiger partial charge < -0.3 is 13.9 Å². The van der Waals surface area contributed by atoms with Gasteiger partial charge in [0, 0.05) is 5.92 Å². The van der Waals surface area contributed by atoms with Crippen LogP contribution in [-0.4, -0.2) is 18.1 Å². The molecule has 30 heavy (non-hydrogen) atoms. The SMILES string of the molecule is CCCCCCOP(O)OCCCCCCCC(c1ccccc1)c1ccccc1. The molecule has 0 saturated carbocycles. The lowest BCUT2D eigenvalue weighted by Gasteiger charge is -2.18. The van der Waals surface area contributed by atoms with Crippen LogP contribution in [0.4, 0.5) is 0 Å². The van der Waals surface area contributed by atoms with Crippen molar-refractivity contribution < 1.29 is 13.9 Å². The Kier molecular flexibility index (Phi) is 13.7. The number of hydrogen-bond donors (Lipinski definition) is 1. The quantitative estimate of drug-likeness (QED) is 0.204.